The van der Waals surface area contributed by atoms with Crippen LogP contribution in [0.4, 0.5) is 0 Å². The summed E-state index contributed by atoms with van der Waals surface area (Å²) in [6.45, 7) is 0. The molecule has 0 aliphatic rings. The molecular formula is C14H12BrNO3S. The van der Waals surface area contributed by atoms with Crippen LogP contribution in [0.2, 0.25) is 0 Å². The number of halogens is 1. The largest absolute Gasteiger partial charge is 0.293 e. The van der Waals surface area contributed by atoms with Gasteiger partial charge >= 0.3 is 0 Å². The number of carbonyl (C=O) groups is 1. The summed E-state index contributed by atoms with van der Waals surface area (Å²) in [5.41, 5.74) is 0.836. The molecule has 0 amide bonds. The molecule has 1 atom stereocenters. The number of rotatable bonds is 4. The second-order valence-electron chi connectivity index (χ2n) is 4.18. The van der Waals surface area contributed by atoms with E-state index in [1.54, 1.807) is 48.5 Å². The average molecular weight is 354 g/mol. The Morgan fingerprint density at radius 2 is 1.55 bits per heavy atom. The van der Waals surface area contributed by atoms with Gasteiger partial charge in [-0.25, -0.2) is 13.6 Å². The van der Waals surface area contributed by atoms with Crippen LogP contribution < -0.4 is 5.14 Å². The number of benzene rings is 2. The van der Waals surface area contributed by atoms with Crippen molar-refractivity contribution >= 4 is 31.7 Å². The van der Waals surface area contributed by atoms with Crippen molar-refractivity contribution in [2.75, 3.05) is 0 Å². The van der Waals surface area contributed by atoms with Crippen LogP contribution in [-0.4, -0.2) is 14.2 Å². The fraction of sp³-hybridized carbons (Fsp3) is 0.0714. The second-order valence-corrected chi connectivity index (χ2v) is 6.62. The van der Waals surface area contributed by atoms with E-state index in [4.69, 9.17) is 5.14 Å². The van der Waals surface area contributed by atoms with Gasteiger partial charge in [0, 0.05) is 5.56 Å². The van der Waals surface area contributed by atoms with Crippen molar-refractivity contribution in [1.82, 2.24) is 0 Å². The molecule has 2 aromatic carbocycles. The van der Waals surface area contributed by atoms with Crippen molar-refractivity contribution in [1.29, 1.82) is 0 Å². The van der Waals surface area contributed by atoms with Crippen LogP contribution in [0.25, 0.3) is 0 Å². The van der Waals surface area contributed by atoms with Gasteiger partial charge in [0.2, 0.25) is 10.0 Å². The highest BCUT2D eigenvalue weighted by Crippen LogP contribution is 2.31. The Balaban J connectivity index is 2.45. The molecule has 0 aliphatic carbocycles. The fourth-order valence-corrected chi connectivity index (χ4v) is 3.44. The summed E-state index contributed by atoms with van der Waals surface area (Å²) in [5, 5.41) is 5.17. The Hall–Kier alpha value is -1.50. The summed E-state index contributed by atoms with van der Waals surface area (Å²) < 4.78 is 23.1. The summed E-state index contributed by atoms with van der Waals surface area (Å²) in [6, 6.07) is 14.8. The molecular weight excluding hydrogens is 342 g/mol. The van der Waals surface area contributed by atoms with E-state index < -0.39 is 14.9 Å². The number of hydrogen-bond acceptors (Lipinski definition) is 3. The lowest BCUT2D eigenvalue weighted by atomic mass is 10.0. The van der Waals surface area contributed by atoms with Gasteiger partial charge in [0.1, 0.15) is 4.83 Å². The van der Waals surface area contributed by atoms with E-state index in [0.29, 0.717) is 11.1 Å². The Morgan fingerprint density at radius 1 is 1.00 bits per heavy atom. The van der Waals surface area contributed by atoms with Gasteiger partial charge in [-0.3, -0.25) is 4.79 Å². The number of primary sulfonamides is 1. The van der Waals surface area contributed by atoms with Crippen LogP contribution in [0.15, 0.2) is 59.5 Å². The quantitative estimate of drug-likeness (QED) is 0.677. The summed E-state index contributed by atoms with van der Waals surface area (Å²) >= 11 is 3.26. The minimum absolute atomic E-state index is 0.0499. The van der Waals surface area contributed by atoms with Crippen molar-refractivity contribution in [3.63, 3.8) is 0 Å². The number of alkyl halides is 1. The summed E-state index contributed by atoms with van der Waals surface area (Å²) in [5.74, 6) is -0.221. The third-order valence-corrected chi connectivity index (χ3v) is 4.68. The molecule has 4 nitrogen and oxygen atoms in total. The van der Waals surface area contributed by atoms with E-state index in [0.717, 1.165) is 0 Å². The van der Waals surface area contributed by atoms with Crippen LogP contribution in [0.1, 0.15) is 20.7 Å². The van der Waals surface area contributed by atoms with Crippen molar-refractivity contribution in [2.45, 2.75) is 9.72 Å². The first-order valence-corrected chi connectivity index (χ1v) is 8.22. The van der Waals surface area contributed by atoms with E-state index in [1.807, 2.05) is 0 Å². The van der Waals surface area contributed by atoms with Crippen molar-refractivity contribution < 1.29 is 13.2 Å². The first-order chi connectivity index (χ1) is 9.41. The van der Waals surface area contributed by atoms with Gasteiger partial charge in [-0.15, -0.1) is 0 Å². The third kappa shape index (κ3) is 3.15. The van der Waals surface area contributed by atoms with E-state index in [9.17, 15) is 13.2 Å². The Labute approximate surface area is 125 Å². The fourth-order valence-electron chi connectivity index (χ4n) is 1.84. The van der Waals surface area contributed by atoms with E-state index >= 15 is 0 Å². The highest BCUT2D eigenvalue weighted by molar-refractivity contribution is 9.09. The number of carbonyl (C=O) groups excluding carboxylic acids is 1. The predicted molar refractivity (Wildman–Crippen MR) is 80.3 cm³/mol. The van der Waals surface area contributed by atoms with Gasteiger partial charge in [-0.05, 0) is 11.6 Å². The molecule has 0 spiro atoms. The maximum atomic E-state index is 12.3. The van der Waals surface area contributed by atoms with Crippen LogP contribution in [0, 0.1) is 0 Å². The molecule has 0 aromatic heterocycles. The Bertz CT molecular complexity index is 729. The van der Waals surface area contributed by atoms with Gasteiger partial charge < -0.3 is 0 Å². The van der Waals surface area contributed by atoms with Gasteiger partial charge in [0.15, 0.2) is 5.78 Å². The monoisotopic (exact) mass is 353 g/mol. The first-order valence-electron chi connectivity index (χ1n) is 5.76. The topological polar surface area (TPSA) is 77.2 Å². The zero-order valence-electron chi connectivity index (χ0n) is 10.4. The molecule has 0 saturated heterocycles. The highest BCUT2D eigenvalue weighted by Gasteiger charge is 2.24. The summed E-state index contributed by atoms with van der Waals surface area (Å²) in [7, 11) is -3.88. The molecule has 1 unspecified atom stereocenters. The van der Waals surface area contributed by atoms with Gasteiger partial charge in [0.05, 0.1) is 4.90 Å². The molecule has 0 fully saturated rings. The molecule has 0 radical (unpaired) electrons. The van der Waals surface area contributed by atoms with Crippen LogP contribution in [0.5, 0.6) is 0 Å². The SMILES string of the molecule is NS(=O)(=O)c1ccccc1C(Br)C(=O)c1ccccc1. The molecule has 6 heteroatoms. The lowest BCUT2D eigenvalue weighted by Gasteiger charge is -2.13. The highest BCUT2D eigenvalue weighted by atomic mass is 79.9. The van der Waals surface area contributed by atoms with Gasteiger partial charge in [0.25, 0.3) is 0 Å². The number of sulfonamides is 1. The zero-order chi connectivity index (χ0) is 14.8. The maximum absolute atomic E-state index is 12.3. The smallest absolute Gasteiger partial charge is 0.238 e. The first kappa shape index (κ1) is 14.9. The molecule has 0 aliphatic heterocycles. The molecule has 20 heavy (non-hydrogen) atoms. The van der Waals surface area contributed by atoms with Crippen LogP contribution in [-0.2, 0) is 10.0 Å². The standard InChI is InChI=1S/C14H12BrNO3S/c15-13(14(17)10-6-2-1-3-7-10)11-8-4-5-9-12(11)20(16,18)19/h1-9,13H,(H2,16,18,19). The lowest BCUT2D eigenvalue weighted by molar-refractivity contribution is 0.0991. The normalized spacial score (nSPS) is 12.9. The van der Waals surface area contributed by atoms with Crippen molar-refractivity contribution in [3.05, 3.63) is 65.7 Å². The minimum atomic E-state index is -3.88. The average Bonchev–Trinajstić information content (AvgIpc) is 2.46. The predicted octanol–water partition coefficient (Wildman–Crippen LogP) is 2.65. The van der Waals surface area contributed by atoms with E-state index in [2.05, 4.69) is 15.9 Å². The van der Waals surface area contributed by atoms with Crippen LogP contribution in [0.3, 0.4) is 0 Å². The number of Topliss-reactive ketones (excluding diaryl/α,β-unsaturated/α-hetero) is 1. The molecule has 104 valence electrons. The van der Waals surface area contributed by atoms with Crippen LogP contribution >= 0.6 is 15.9 Å². The van der Waals surface area contributed by atoms with E-state index in [1.165, 1.54) is 6.07 Å². The molecule has 2 rings (SSSR count). The van der Waals surface area contributed by atoms with Gasteiger partial charge in [-0.2, -0.15) is 0 Å². The molecule has 2 aromatic rings. The lowest BCUT2D eigenvalue weighted by Crippen LogP contribution is -2.17. The number of nitrogens with two attached hydrogens (primary N) is 1. The summed E-state index contributed by atoms with van der Waals surface area (Å²) in [6.07, 6.45) is 0. The summed E-state index contributed by atoms with van der Waals surface area (Å²) in [4.78, 5) is 11.5. The molecule has 2 N–H and O–H groups in total. The van der Waals surface area contributed by atoms with E-state index in [-0.39, 0.29) is 10.7 Å². The Kier molecular flexibility index (Phi) is 4.37. The van der Waals surface area contributed by atoms with Gasteiger partial charge in [-0.1, -0.05) is 64.5 Å². The van der Waals surface area contributed by atoms with Crippen molar-refractivity contribution in [3.8, 4) is 0 Å². The molecule has 0 heterocycles. The second kappa shape index (κ2) is 5.87. The van der Waals surface area contributed by atoms with Crippen molar-refractivity contribution in [2.24, 2.45) is 5.14 Å². The molecule has 0 bridgehead atoms. The molecule has 0 saturated carbocycles. The maximum Gasteiger partial charge on any atom is 0.238 e. The Morgan fingerprint density at radius 3 is 2.15 bits per heavy atom. The number of hydrogen-bond donors (Lipinski definition) is 1. The minimum Gasteiger partial charge on any atom is -0.293 e. The third-order valence-electron chi connectivity index (χ3n) is 2.79. The zero-order valence-corrected chi connectivity index (χ0v) is 12.8. The number of ketones is 1.